The van der Waals surface area contributed by atoms with Crippen molar-refractivity contribution in [3.63, 3.8) is 0 Å². The molecule has 4 aromatic rings. The van der Waals surface area contributed by atoms with Crippen molar-refractivity contribution >= 4 is 22.5 Å². The van der Waals surface area contributed by atoms with Gasteiger partial charge in [0.25, 0.3) is 5.56 Å². The molecule has 0 unspecified atom stereocenters. The molecule has 2 aromatic heterocycles. The highest BCUT2D eigenvalue weighted by atomic mass is 16.7. The molecule has 1 amide bonds. The number of rotatable bonds is 2. The number of carbonyl (C=O) groups is 1. The molecule has 7 heteroatoms. The van der Waals surface area contributed by atoms with Crippen LogP contribution in [0.3, 0.4) is 0 Å². The van der Waals surface area contributed by atoms with Gasteiger partial charge in [0.1, 0.15) is 5.52 Å². The largest absolute Gasteiger partial charge is 0.454 e. The van der Waals surface area contributed by atoms with Gasteiger partial charge < -0.3 is 24.6 Å². The molecule has 0 spiro atoms. The lowest BCUT2D eigenvalue weighted by atomic mass is 10.1. The third kappa shape index (κ3) is 2.00. The second-order valence-corrected chi connectivity index (χ2v) is 6.06. The van der Waals surface area contributed by atoms with Gasteiger partial charge in [-0.2, -0.15) is 0 Å². The van der Waals surface area contributed by atoms with E-state index in [9.17, 15) is 9.59 Å². The predicted molar refractivity (Wildman–Crippen MR) is 95.6 cm³/mol. The summed E-state index contributed by atoms with van der Waals surface area (Å²) in [7, 11) is 0. The summed E-state index contributed by atoms with van der Waals surface area (Å²) >= 11 is 0. The Bertz CT molecular complexity index is 1270. The van der Waals surface area contributed by atoms with E-state index < -0.39 is 5.91 Å². The Morgan fingerprint density at radius 2 is 1.81 bits per heavy atom. The molecule has 3 heterocycles. The van der Waals surface area contributed by atoms with Gasteiger partial charge in [0.2, 0.25) is 12.7 Å². The van der Waals surface area contributed by atoms with Crippen LogP contribution < -0.4 is 20.8 Å². The van der Waals surface area contributed by atoms with Crippen molar-refractivity contribution in [2.24, 2.45) is 5.73 Å². The van der Waals surface area contributed by atoms with Crippen molar-refractivity contribution in [1.82, 2.24) is 9.38 Å². The summed E-state index contributed by atoms with van der Waals surface area (Å²) in [5.74, 6) is 0.822. The number of aromatic nitrogens is 2. The molecule has 0 saturated carbocycles. The maximum atomic E-state index is 12.5. The number of benzene rings is 2. The average Bonchev–Trinajstić information content (AvgIpc) is 3.27. The van der Waals surface area contributed by atoms with E-state index in [4.69, 9.17) is 15.2 Å². The molecular formula is C19H13N3O4. The lowest BCUT2D eigenvalue weighted by molar-refractivity contribution is 0.100. The zero-order valence-electron chi connectivity index (χ0n) is 13.5. The third-order valence-corrected chi connectivity index (χ3v) is 4.55. The van der Waals surface area contributed by atoms with Crippen LogP contribution in [0.5, 0.6) is 11.5 Å². The first-order valence-electron chi connectivity index (χ1n) is 7.99. The van der Waals surface area contributed by atoms with E-state index >= 15 is 0 Å². The van der Waals surface area contributed by atoms with E-state index in [1.807, 2.05) is 28.7 Å². The minimum absolute atomic E-state index is 0.201. The summed E-state index contributed by atoms with van der Waals surface area (Å²) in [6, 6.07) is 14.3. The van der Waals surface area contributed by atoms with Crippen molar-refractivity contribution in [2.75, 3.05) is 6.79 Å². The molecule has 7 nitrogen and oxygen atoms in total. The maximum absolute atomic E-state index is 12.5. The highest BCUT2D eigenvalue weighted by molar-refractivity contribution is 5.96. The molecule has 128 valence electrons. The number of fused-ring (bicyclic) bond motifs is 4. The number of hydrogen-bond acceptors (Lipinski definition) is 4. The first-order chi connectivity index (χ1) is 12.6. The van der Waals surface area contributed by atoms with Gasteiger partial charge in [0.05, 0.1) is 16.7 Å². The van der Waals surface area contributed by atoms with Crippen LogP contribution in [0.15, 0.2) is 53.3 Å². The molecule has 26 heavy (non-hydrogen) atoms. The van der Waals surface area contributed by atoms with E-state index in [-0.39, 0.29) is 12.4 Å². The Balaban J connectivity index is 1.82. The number of H-pyrrole nitrogens is 1. The highest BCUT2D eigenvalue weighted by Gasteiger charge is 2.17. The Hall–Kier alpha value is -3.74. The highest BCUT2D eigenvalue weighted by Crippen LogP contribution is 2.36. The van der Waals surface area contributed by atoms with E-state index in [1.54, 1.807) is 24.3 Å². The third-order valence-electron chi connectivity index (χ3n) is 4.55. The SMILES string of the molecule is NC(=O)c1ccc2c(c1)[nH]c(=O)c1ccc(-c3ccc4c(c3)OCO4)n12. The van der Waals surface area contributed by atoms with E-state index in [2.05, 4.69) is 4.98 Å². The van der Waals surface area contributed by atoms with Gasteiger partial charge in [-0.25, -0.2) is 0 Å². The van der Waals surface area contributed by atoms with Gasteiger partial charge in [-0.15, -0.1) is 0 Å². The molecule has 0 aliphatic carbocycles. The zero-order valence-corrected chi connectivity index (χ0v) is 13.5. The van der Waals surface area contributed by atoms with Crippen molar-refractivity contribution < 1.29 is 14.3 Å². The fraction of sp³-hybridized carbons (Fsp3) is 0.0526. The van der Waals surface area contributed by atoms with Crippen LogP contribution in [-0.2, 0) is 0 Å². The molecule has 0 bridgehead atoms. The monoisotopic (exact) mass is 347 g/mol. The van der Waals surface area contributed by atoms with E-state index in [1.165, 1.54) is 0 Å². The Labute approximate surface area is 146 Å². The topological polar surface area (TPSA) is 98.8 Å². The number of amides is 1. The lowest BCUT2D eigenvalue weighted by Gasteiger charge is -2.09. The zero-order chi connectivity index (χ0) is 17.8. The van der Waals surface area contributed by atoms with Gasteiger partial charge in [-0.05, 0) is 48.5 Å². The Morgan fingerprint density at radius 3 is 2.65 bits per heavy atom. The van der Waals surface area contributed by atoms with Gasteiger partial charge >= 0.3 is 0 Å². The van der Waals surface area contributed by atoms with Gasteiger partial charge in [0, 0.05) is 11.1 Å². The van der Waals surface area contributed by atoms with Crippen LogP contribution in [-0.4, -0.2) is 22.1 Å². The molecule has 0 fully saturated rings. The fourth-order valence-electron chi connectivity index (χ4n) is 3.33. The number of primary amides is 1. The standard InChI is InChI=1S/C19H13N3O4/c20-18(23)11-1-3-14-12(7-11)21-19(24)15-5-4-13(22(14)15)10-2-6-16-17(8-10)26-9-25-16/h1-8H,9H2,(H2,20,23)(H,21,24). The van der Waals surface area contributed by atoms with Crippen LogP contribution in [0.4, 0.5) is 0 Å². The fourth-order valence-corrected chi connectivity index (χ4v) is 3.33. The summed E-state index contributed by atoms with van der Waals surface area (Å²) in [5, 5.41) is 0. The number of ether oxygens (including phenoxy) is 2. The van der Waals surface area contributed by atoms with Gasteiger partial charge in [-0.3, -0.25) is 9.59 Å². The first kappa shape index (κ1) is 14.6. The number of hydrogen-bond donors (Lipinski definition) is 2. The molecule has 5 rings (SSSR count). The van der Waals surface area contributed by atoms with Gasteiger partial charge in [0.15, 0.2) is 11.5 Å². The van der Waals surface area contributed by atoms with Crippen molar-refractivity contribution in [3.05, 3.63) is 64.4 Å². The summed E-state index contributed by atoms with van der Waals surface area (Å²) in [4.78, 5) is 26.7. The maximum Gasteiger partial charge on any atom is 0.272 e. The minimum Gasteiger partial charge on any atom is -0.454 e. The molecular weight excluding hydrogens is 334 g/mol. The molecule has 0 saturated heterocycles. The lowest BCUT2D eigenvalue weighted by Crippen LogP contribution is -2.13. The van der Waals surface area contributed by atoms with Crippen LogP contribution in [0.25, 0.3) is 27.8 Å². The quantitative estimate of drug-likeness (QED) is 0.581. The number of nitrogens with two attached hydrogens (primary N) is 1. The second kappa shape index (κ2) is 5.13. The second-order valence-electron chi connectivity index (χ2n) is 6.06. The van der Waals surface area contributed by atoms with Crippen molar-refractivity contribution in [3.8, 4) is 22.8 Å². The number of nitrogens with one attached hydrogen (secondary N) is 1. The molecule has 0 atom stereocenters. The van der Waals surface area contributed by atoms with Crippen molar-refractivity contribution in [2.45, 2.75) is 0 Å². The minimum atomic E-state index is -0.545. The van der Waals surface area contributed by atoms with Crippen molar-refractivity contribution in [1.29, 1.82) is 0 Å². The summed E-state index contributed by atoms with van der Waals surface area (Å²) in [6.45, 7) is 0.201. The van der Waals surface area contributed by atoms with Crippen LogP contribution >= 0.6 is 0 Å². The first-order valence-corrected chi connectivity index (χ1v) is 7.99. The smallest absolute Gasteiger partial charge is 0.272 e. The predicted octanol–water partition coefficient (Wildman–Crippen LogP) is 2.28. The summed E-state index contributed by atoms with van der Waals surface area (Å²) in [5.41, 5.74) is 8.98. The van der Waals surface area contributed by atoms with Crippen LogP contribution in [0.1, 0.15) is 10.4 Å². The van der Waals surface area contributed by atoms with E-state index in [0.717, 1.165) is 16.8 Å². The number of nitrogens with zero attached hydrogens (tertiary/aromatic N) is 1. The molecule has 3 N–H and O–H groups in total. The number of aromatic amines is 1. The summed E-state index contributed by atoms with van der Waals surface area (Å²) in [6.07, 6.45) is 0. The van der Waals surface area contributed by atoms with E-state index in [0.29, 0.717) is 28.1 Å². The molecule has 1 aliphatic heterocycles. The molecule has 0 radical (unpaired) electrons. The normalized spacial score (nSPS) is 12.8. The Kier molecular flexibility index (Phi) is 2.88. The van der Waals surface area contributed by atoms with Crippen LogP contribution in [0.2, 0.25) is 0 Å². The summed E-state index contributed by atoms with van der Waals surface area (Å²) < 4.78 is 12.7. The molecule has 1 aliphatic rings. The average molecular weight is 347 g/mol. The van der Waals surface area contributed by atoms with Gasteiger partial charge in [-0.1, -0.05) is 0 Å². The van der Waals surface area contributed by atoms with Crippen LogP contribution in [0, 0.1) is 0 Å². The number of carbonyl (C=O) groups excluding carboxylic acids is 1. The molecule has 2 aromatic carbocycles. The Morgan fingerprint density at radius 1 is 1.00 bits per heavy atom.